The van der Waals surface area contributed by atoms with E-state index < -0.39 is 0 Å². The Morgan fingerprint density at radius 1 is 1.36 bits per heavy atom. The highest BCUT2D eigenvalue weighted by molar-refractivity contribution is 5.59. The molecule has 3 nitrogen and oxygen atoms in total. The second kappa shape index (κ2) is 2.57. The minimum Gasteiger partial charge on any atom is -0.350 e. The summed E-state index contributed by atoms with van der Waals surface area (Å²) in [6, 6.07) is 0. The van der Waals surface area contributed by atoms with E-state index in [-0.39, 0.29) is 12.2 Å². The van der Waals surface area contributed by atoms with E-state index in [1.807, 2.05) is 0 Å². The molecule has 0 bridgehead atoms. The summed E-state index contributed by atoms with van der Waals surface area (Å²) < 4.78 is 10.6. The fraction of sp³-hybridized carbons (Fsp3) is 0.875. The normalized spacial score (nSPS) is 44.3. The molecule has 1 saturated heterocycles. The Labute approximate surface area is 65.7 Å². The van der Waals surface area contributed by atoms with Crippen molar-refractivity contribution in [1.29, 1.82) is 0 Å². The van der Waals surface area contributed by atoms with E-state index in [2.05, 4.69) is 6.92 Å². The minimum absolute atomic E-state index is 0.0970. The Bertz CT molecular complexity index is 163. The zero-order valence-corrected chi connectivity index (χ0v) is 6.53. The summed E-state index contributed by atoms with van der Waals surface area (Å²) in [7, 11) is 0. The standard InChI is InChI=1S/C8H12O3/c1-5-6(4-9)7(5)8-10-2-3-11-8/h4-8H,2-3H2,1H3. The molecule has 2 fully saturated rings. The fourth-order valence-electron chi connectivity index (χ4n) is 1.77. The van der Waals surface area contributed by atoms with Crippen LogP contribution in [0, 0.1) is 17.8 Å². The Hall–Kier alpha value is -0.410. The van der Waals surface area contributed by atoms with Gasteiger partial charge in [-0.05, 0) is 5.92 Å². The van der Waals surface area contributed by atoms with Crippen LogP contribution in [0.5, 0.6) is 0 Å². The second-order valence-electron chi connectivity index (χ2n) is 3.26. The van der Waals surface area contributed by atoms with Crippen molar-refractivity contribution in [2.45, 2.75) is 13.2 Å². The molecule has 0 amide bonds. The zero-order valence-electron chi connectivity index (χ0n) is 6.53. The summed E-state index contributed by atoms with van der Waals surface area (Å²) >= 11 is 0. The topological polar surface area (TPSA) is 35.5 Å². The van der Waals surface area contributed by atoms with Crippen molar-refractivity contribution in [2.24, 2.45) is 17.8 Å². The van der Waals surface area contributed by atoms with Gasteiger partial charge in [0.05, 0.1) is 13.2 Å². The molecule has 0 aromatic carbocycles. The molecule has 2 aliphatic rings. The molecule has 0 aromatic heterocycles. The average molecular weight is 156 g/mol. The van der Waals surface area contributed by atoms with Gasteiger partial charge in [0, 0.05) is 11.8 Å². The number of hydrogen-bond donors (Lipinski definition) is 0. The molecule has 3 unspecified atom stereocenters. The van der Waals surface area contributed by atoms with Crippen molar-refractivity contribution in [3.63, 3.8) is 0 Å². The third-order valence-corrected chi connectivity index (χ3v) is 2.64. The molecule has 1 heterocycles. The molecule has 0 spiro atoms. The maximum absolute atomic E-state index is 10.4. The summed E-state index contributed by atoms with van der Waals surface area (Å²) in [5.41, 5.74) is 0. The summed E-state index contributed by atoms with van der Waals surface area (Å²) in [5, 5.41) is 0. The van der Waals surface area contributed by atoms with E-state index in [1.165, 1.54) is 0 Å². The smallest absolute Gasteiger partial charge is 0.161 e. The van der Waals surface area contributed by atoms with Gasteiger partial charge in [-0.3, -0.25) is 0 Å². The van der Waals surface area contributed by atoms with Crippen molar-refractivity contribution in [2.75, 3.05) is 13.2 Å². The van der Waals surface area contributed by atoms with E-state index in [0.29, 0.717) is 25.0 Å². The van der Waals surface area contributed by atoms with Gasteiger partial charge in [0.25, 0.3) is 0 Å². The molecular weight excluding hydrogens is 144 g/mol. The van der Waals surface area contributed by atoms with Gasteiger partial charge in [0.1, 0.15) is 6.29 Å². The lowest BCUT2D eigenvalue weighted by Crippen LogP contribution is -2.12. The molecule has 3 heteroatoms. The van der Waals surface area contributed by atoms with Crippen molar-refractivity contribution < 1.29 is 14.3 Å². The van der Waals surface area contributed by atoms with Gasteiger partial charge in [0.15, 0.2) is 6.29 Å². The summed E-state index contributed by atoms with van der Waals surface area (Å²) in [6.07, 6.45) is 0.917. The maximum atomic E-state index is 10.4. The van der Waals surface area contributed by atoms with E-state index in [4.69, 9.17) is 9.47 Å². The van der Waals surface area contributed by atoms with Crippen LogP contribution in [0.2, 0.25) is 0 Å². The van der Waals surface area contributed by atoms with E-state index >= 15 is 0 Å². The number of ether oxygens (including phenoxy) is 2. The highest BCUT2D eigenvalue weighted by Gasteiger charge is 2.53. The molecule has 1 aliphatic carbocycles. The summed E-state index contributed by atoms with van der Waals surface area (Å²) in [6.45, 7) is 3.42. The first kappa shape index (κ1) is 7.25. The molecule has 0 aromatic rings. The maximum Gasteiger partial charge on any atom is 0.161 e. The quantitative estimate of drug-likeness (QED) is 0.544. The van der Waals surface area contributed by atoms with Crippen LogP contribution in [0.4, 0.5) is 0 Å². The van der Waals surface area contributed by atoms with Gasteiger partial charge in [-0.2, -0.15) is 0 Å². The number of rotatable bonds is 2. The van der Waals surface area contributed by atoms with Crippen LogP contribution in [0.1, 0.15) is 6.92 Å². The summed E-state index contributed by atoms with van der Waals surface area (Å²) in [5.74, 6) is 0.962. The van der Waals surface area contributed by atoms with Crippen LogP contribution in [0.25, 0.3) is 0 Å². The Morgan fingerprint density at radius 2 is 2.00 bits per heavy atom. The Kier molecular flexibility index (Phi) is 1.69. The highest BCUT2D eigenvalue weighted by atomic mass is 16.7. The van der Waals surface area contributed by atoms with Crippen LogP contribution in [0.15, 0.2) is 0 Å². The monoisotopic (exact) mass is 156 g/mol. The van der Waals surface area contributed by atoms with E-state index in [1.54, 1.807) is 0 Å². The van der Waals surface area contributed by atoms with Crippen LogP contribution in [0.3, 0.4) is 0 Å². The first-order chi connectivity index (χ1) is 5.34. The van der Waals surface area contributed by atoms with Crippen molar-refractivity contribution in [3.05, 3.63) is 0 Å². The largest absolute Gasteiger partial charge is 0.350 e. The first-order valence-electron chi connectivity index (χ1n) is 4.03. The fourth-order valence-corrected chi connectivity index (χ4v) is 1.77. The van der Waals surface area contributed by atoms with Crippen LogP contribution >= 0.6 is 0 Å². The van der Waals surface area contributed by atoms with Gasteiger partial charge in [0.2, 0.25) is 0 Å². The predicted molar refractivity (Wildman–Crippen MR) is 37.9 cm³/mol. The highest BCUT2D eigenvalue weighted by Crippen LogP contribution is 2.48. The van der Waals surface area contributed by atoms with Gasteiger partial charge >= 0.3 is 0 Å². The molecular formula is C8H12O3. The number of carbonyl (C=O) groups is 1. The molecule has 1 saturated carbocycles. The van der Waals surface area contributed by atoms with Crippen LogP contribution in [-0.2, 0) is 14.3 Å². The van der Waals surface area contributed by atoms with Gasteiger partial charge in [-0.1, -0.05) is 6.92 Å². The van der Waals surface area contributed by atoms with Gasteiger partial charge < -0.3 is 14.3 Å². The number of aldehydes is 1. The van der Waals surface area contributed by atoms with Crippen molar-refractivity contribution in [3.8, 4) is 0 Å². The number of hydrogen-bond acceptors (Lipinski definition) is 3. The third kappa shape index (κ3) is 1.08. The Morgan fingerprint density at radius 3 is 2.45 bits per heavy atom. The Balaban J connectivity index is 1.92. The average Bonchev–Trinajstić information content (AvgIpc) is 2.53. The zero-order chi connectivity index (χ0) is 7.84. The van der Waals surface area contributed by atoms with Gasteiger partial charge in [-0.15, -0.1) is 0 Å². The van der Waals surface area contributed by atoms with Crippen LogP contribution < -0.4 is 0 Å². The number of carbonyl (C=O) groups excluding carboxylic acids is 1. The molecule has 62 valence electrons. The van der Waals surface area contributed by atoms with Gasteiger partial charge in [-0.25, -0.2) is 0 Å². The lowest BCUT2D eigenvalue weighted by atomic mass is 10.3. The second-order valence-corrected chi connectivity index (χ2v) is 3.26. The first-order valence-corrected chi connectivity index (χ1v) is 4.03. The third-order valence-electron chi connectivity index (χ3n) is 2.64. The van der Waals surface area contributed by atoms with Crippen molar-refractivity contribution in [1.82, 2.24) is 0 Å². The molecule has 0 N–H and O–H groups in total. The van der Waals surface area contributed by atoms with E-state index in [0.717, 1.165) is 6.29 Å². The molecule has 11 heavy (non-hydrogen) atoms. The molecule has 3 atom stereocenters. The minimum atomic E-state index is -0.0970. The van der Waals surface area contributed by atoms with E-state index in [9.17, 15) is 4.79 Å². The molecule has 0 radical (unpaired) electrons. The lowest BCUT2D eigenvalue weighted by molar-refractivity contribution is -0.111. The molecule has 2 rings (SSSR count). The SMILES string of the molecule is CC1C(C=O)C1C1OCCO1. The predicted octanol–water partition coefficient (Wildman–Crippen LogP) is 0.440. The lowest BCUT2D eigenvalue weighted by Gasteiger charge is -2.05. The molecule has 1 aliphatic heterocycles. The summed E-state index contributed by atoms with van der Waals surface area (Å²) in [4.78, 5) is 10.4. The van der Waals surface area contributed by atoms with Crippen molar-refractivity contribution >= 4 is 6.29 Å². The van der Waals surface area contributed by atoms with Crippen LogP contribution in [-0.4, -0.2) is 25.8 Å².